The third-order valence-electron chi connectivity index (χ3n) is 2.68. The first-order chi connectivity index (χ1) is 10.2. The second-order valence-corrected chi connectivity index (χ2v) is 4.42. The minimum Gasteiger partial charge on any atom is -0.478 e. The molecular weight excluding hydrogens is 272 g/mol. The van der Waals surface area contributed by atoms with Gasteiger partial charge >= 0.3 is 5.97 Å². The van der Waals surface area contributed by atoms with Crippen LogP contribution in [0.25, 0.3) is 6.08 Å². The van der Waals surface area contributed by atoms with Crippen LogP contribution in [0.1, 0.15) is 17.5 Å². The summed E-state index contributed by atoms with van der Waals surface area (Å²) in [5.74, 6) is -0.949. The zero-order valence-electron chi connectivity index (χ0n) is 12.3. The van der Waals surface area contributed by atoms with Crippen LogP contribution in [0.3, 0.4) is 0 Å². The predicted octanol–water partition coefficient (Wildman–Crippen LogP) is 2.35. The summed E-state index contributed by atoms with van der Waals surface area (Å²) < 4.78 is 15.7. The van der Waals surface area contributed by atoms with Crippen LogP contribution in [-0.2, 0) is 25.6 Å². The maximum atomic E-state index is 10.4. The smallest absolute Gasteiger partial charge is 0.328 e. The fourth-order valence-corrected chi connectivity index (χ4v) is 1.59. The fourth-order valence-electron chi connectivity index (χ4n) is 1.59. The number of carbonyl (C=O) groups is 1. The topological polar surface area (TPSA) is 65.0 Å². The number of carboxylic acids is 1. The van der Waals surface area contributed by atoms with Gasteiger partial charge in [0.25, 0.3) is 0 Å². The van der Waals surface area contributed by atoms with Gasteiger partial charge in [-0.1, -0.05) is 24.3 Å². The van der Waals surface area contributed by atoms with Gasteiger partial charge in [-0.3, -0.25) is 0 Å². The fraction of sp³-hybridized carbons (Fsp3) is 0.438. The molecule has 0 fully saturated rings. The van der Waals surface area contributed by atoms with Crippen LogP contribution in [0.4, 0.5) is 0 Å². The molecule has 5 heteroatoms. The van der Waals surface area contributed by atoms with E-state index in [0.29, 0.717) is 33.0 Å². The quantitative estimate of drug-likeness (QED) is 0.501. The summed E-state index contributed by atoms with van der Waals surface area (Å²) in [6, 6.07) is 7.59. The molecule has 0 bridgehead atoms. The predicted molar refractivity (Wildman–Crippen MR) is 80.1 cm³/mol. The summed E-state index contributed by atoms with van der Waals surface area (Å²) in [5.41, 5.74) is 1.91. The van der Waals surface area contributed by atoms with Gasteiger partial charge in [-0.2, -0.15) is 0 Å². The van der Waals surface area contributed by atoms with E-state index in [1.807, 2.05) is 24.3 Å². The minimum atomic E-state index is -0.949. The Kier molecular flexibility index (Phi) is 9.11. The van der Waals surface area contributed by atoms with Crippen molar-refractivity contribution in [3.8, 4) is 0 Å². The zero-order valence-corrected chi connectivity index (χ0v) is 12.3. The van der Waals surface area contributed by atoms with E-state index >= 15 is 0 Å². The average molecular weight is 294 g/mol. The lowest BCUT2D eigenvalue weighted by Crippen LogP contribution is -2.05. The van der Waals surface area contributed by atoms with Crippen molar-refractivity contribution in [1.29, 1.82) is 0 Å². The van der Waals surface area contributed by atoms with E-state index in [1.54, 1.807) is 13.2 Å². The molecule has 0 aliphatic carbocycles. The number of rotatable bonds is 11. The Morgan fingerprint density at radius 3 is 2.48 bits per heavy atom. The first kappa shape index (κ1) is 17.4. The molecular formula is C16H22O5. The van der Waals surface area contributed by atoms with Crippen LogP contribution in [0, 0.1) is 0 Å². The Balaban J connectivity index is 2.14. The highest BCUT2D eigenvalue weighted by Crippen LogP contribution is 2.07. The molecule has 0 radical (unpaired) electrons. The van der Waals surface area contributed by atoms with Crippen LogP contribution in [0.5, 0.6) is 0 Å². The van der Waals surface area contributed by atoms with Crippen molar-refractivity contribution < 1.29 is 24.1 Å². The van der Waals surface area contributed by atoms with Gasteiger partial charge in [-0.25, -0.2) is 4.79 Å². The number of ether oxygens (including phenoxy) is 3. The summed E-state index contributed by atoms with van der Waals surface area (Å²) in [6.45, 7) is 3.09. The highest BCUT2D eigenvalue weighted by molar-refractivity contribution is 5.85. The SMILES string of the molecule is COCCOCCCOCc1ccc(/C=C/C(=O)O)cc1. The number of hydrogen-bond donors (Lipinski definition) is 1. The third kappa shape index (κ3) is 8.96. The van der Waals surface area contributed by atoms with Gasteiger partial charge in [0, 0.05) is 26.4 Å². The average Bonchev–Trinajstić information content (AvgIpc) is 2.49. The van der Waals surface area contributed by atoms with Gasteiger partial charge in [0.15, 0.2) is 0 Å². The summed E-state index contributed by atoms with van der Waals surface area (Å²) in [5, 5.41) is 8.54. The van der Waals surface area contributed by atoms with Gasteiger partial charge in [-0.05, 0) is 23.6 Å². The maximum Gasteiger partial charge on any atom is 0.328 e. The highest BCUT2D eigenvalue weighted by Gasteiger charge is 1.95. The zero-order chi connectivity index (χ0) is 15.3. The van der Waals surface area contributed by atoms with Gasteiger partial charge in [0.1, 0.15) is 0 Å². The van der Waals surface area contributed by atoms with E-state index in [0.717, 1.165) is 23.6 Å². The summed E-state index contributed by atoms with van der Waals surface area (Å²) in [4.78, 5) is 10.4. The largest absolute Gasteiger partial charge is 0.478 e. The molecule has 0 spiro atoms. The van der Waals surface area contributed by atoms with Crippen molar-refractivity contribution in [1.82, 2.24) is 0 Å². The Hall–Kier alpha value is -1.69. The Bertz CT molecular complexity index is 425. The second kappa shape index (κ2) is 11.0. The lowest BCUT2D eigenvalue weighted by Gasteiger charge is -2.06. The number of aliphatic carboxylic acids is 1. The Labute approximate surface area is 125 Å². The number of methoxy groups -OCH3 is 1. The van der Waals surface area contributed by atoms with Gasteiger partial charge in [0.2, 0.25) is 0 Å². The van der Waals surface area contributed by atoms with Crippen LogP contribution in [0.15, 0.2) is 30.3 Å². The van der Waals surface area contributed by atoms with E-state index in [2.05, 4.69) is 0 Å². The molecule has 0 aliphatic heterocycles. The number of carboxylic acid groups (broad SMARTS) is 1. The maximum absolute atomic E-state index is 10.4. The second-order valence-electron chi connectivity index (χ2n) is 4.42. The summed E-state index contributed by atoms with van der Waals surface area (Å²) in [6.07, 6.45) is 3.53. The Morgan fingerprint density at radius 1 is 1.10 bits per heavy atom. The first-order valence-electron chi connectivity index (χ1n) is 6.86. The number of hydrogen-bond acceptors (Lipinski definition) is 4. The third-order valence-corrected chi connectivity index (χ3v) is 2.68. The van der Waals surface area contributed by atoms with Gasteiger partial charge in [-0.15, -0.1) is 0 Å². The minimum absolute atomic E-state index is 0.543. The van der Waals surface area contributed by atoms with Gasteiger partial charge < -0.3 is 19.3 Å². The van der Waals surface area contributed by atoms with E-state index in [-0.39, 0.29) is 0 Å². The van der Waals surface area contributed by atoms with Crippen molar-refractivity contribution in [2.75, 3.05) is 33.5 Å². The van der Waals surface area contributed by atoms with E-state index < -0.39 is 5.97 Å². The van der Waals surface area contributed by atoms with Crippen molar-refractivity contribution in [2.45, 2.75) is 13.0 Å². The molecule has 5 nitrogen and oxygen atoms in total. The lowest BCUT2D eigenvalue weighted by molar-refractivity contribution is -0.131. The summed E-state index contributed by atoms with van der Waals surface area (Å²) in [7, 11) is 1.65. The Morgan fingerprint density at radius 2 is 1.81 bits per heavy atom. The molecule has 0 aliphatic rings. The molecule has 1 aromatic carbocycles. The van der Waals surface area contributed by atoms with Crippen molar-refractivity contribution in [2.24, 2.45) is 0 Å². The van der Waals surface area contributed by atoms with Crippen LogP contribution in [0.2, 0.25) is 0 Å². The van der Waals surface area contributed by atoms with Crippen molar-refractivity contribution in [3.63, 3.8) is 0 Å². The molecule has 0 saturated heterocycles. The van der Waals surface area contributed by atoms with E-state index in [9.17, 15) is 4.79 Å². The standard InChI is InChI=1S/C16H22O5/c1-19-11-12-20-9-2-10-21-13-15-5-3-14(4-6-15)7-8-16(17)18/h3-8H,2,9-13H2,1H3,(H,17,18)/b8-7+. The molecule has 0 saturated carbocycles. The highest BCUT2D eigenvalue weighted by atomic mass is 16.5. The molecule has 0 aromatic heterocycles. The lowest BCUT2D eigenvalue weighted by atomic mass is 10.1. The molecule has 1 aromatic rings. The van der Waals surface area contributed by atoms with Crippen molar-refractivity contribution >= 4 is 12.0 Å². The normalized spacial score (nSPS) is 11.1. The molecule has 1 rings (SSSR count). The molecule has 1 N–H and O–H groups in total. The van der Waals surface area contributed by atoms with Crippen LogP contribution < -0.4 is 0 Å². The van der Waals surface area contributed by atoms with Gasteiger partial charge in [0.05, 0.1) is 19.8 Å². The first-order valence-corrected chi connectivity index (χ1v) is 6.86. The van der Waals surface area contributed by atoms with Crippen molar-refractivity contribution in [3.05, 3.63) is 41.5 Å². The monoisotopic (exact) mass is 294 g/mol. The molecule has 21 heavy (non-hydrogen) atoms. The molecule has 116 valence electrons. The molecule has 0 atom stereocenters. The van der Waals surface area contributed by atoms with Crippen LogP contribution in [-0.4, -0.2) is 44.6 Å². The number of benzene rings is 1. The van der Waals surface area contributed by atoms with E-state index in [1.165, 1.54) is 0 Å². The molecule has 0 heterocycles. The molecule has 0 amide bonds. The van der Waals surface area contributed by atoms with E-state index in [4.69, 9.17) is 19.3 Å². The summed E-state index contributed by atoms with van der Waals surface area (Å²) >= 11 is 0. The van der Waals surface area contributed by atoms with Crippen LogP contribution >= 0.6 is 0 Å². The molecule has 0 unspecified atom stereocenters.